The molecule has 5 nitrogen and oxygen atoms in total. The Morgan fingerprint density at radius 3 is 2.35 bits per heavy atom. The van der Waals surface area contributed by atoms with Crippen molar-refractivity contribution in [2.24, 2.45) is 5.92 Å². The molecule has 0 spiro atoms. The Bertz CT molecular complexity index is 638. The van der Waals surface area contributed by atoms with Crippen LogP contribution in [0.4, 0.5) is 5.69 Å². The summed E-state index contributed by atoms with van der Waals surface area (Å²) in [5, 5.41) is 0. The van der Waals surface area contributed by atoms with Gasteiger partial charge < -0.3 is 14.7 Å². The topological polar surface area (TPSA) is 43.9 Å². The van der Waals surface area contributed by atoms with E-state index in [1.54, 1.807) is 0 Å². The van der Waals surface area contributed by atoms with Gasteiger partial charge in [0.1, 0.15) is 0 Å². The third-order valence-electron chi connectivity index (χ3n) is 5.66. The average molecular weight is 357 g/mol. The fourth-order valence-corrected chi connectivity index (χ4v) is 4.05. The molecule has 1 aliphatic carbocycles. The highest BCUT2D eigenvalue weighted by atomic mass is 16.2. The highest BCUT2D eigenvalue weighted by Gasteiger charge is 2.28. The molecule has 0 N–H and O–H groups in total. The van der Waals surface area contributed by atoms with E-state index < -0.39 is 0 Å². The molecule has 142 valence electrons. The van der Waals surface area contributed by atoms with Crippen LogP contribution in [0.1, 0.15) is 48.9 Å². The van der Waals surface area contributed by atoms with Crippen LogP contribution in [-0.4, -0.2) is 61.9 Å². The minimum Gasteiger partial charge on any atom is -0.378 e. The maximum absolute atomic E-state index is 12.9. The quantitative estimate of drug-likeness (QED) is 0.835. The largest absolute Gasteiger partial charge is 0.378 e. The van der Waals surface area contributed by atoms with Crippen LogP contribution in [0.25, 0.3) is 0 Å². The van der Waals surface area contributed by atoms with Crippen LogP contribution in [0.2, 0.25) is 0 Å². The van der Waals surface area contributed by atoms with Crippen molar-refractivity contribution in [1.82, 2.24) is 9.80 Å². The Labute approximate surface area is 156 Å². The number of benzene rings is 1. The first-order chi connectivity index (χ1) is 12.6. The molecule has 1 saturated carbocycles. The highest BCUT2D eigenvalue weighted by Crippen LogP contribution is 2.26. The highest BCUT2D eigenvalue weighted by molar-refractivity contribution is 5.95. The Balaban J connectivity index is 1.62. The lowest BCUT2D eigenvalue weighted by Crippen LogP contribution is -2.40. The van der Waals surface area contributed by atoms with Crippen molar-refractivity contribution < 1.29 is 9.59 Å². The Kier molecular flexibility index (Phi) is 6.17. The van der Waals surface area contributed by atoms with Crippen LogP contribution < -0.4 is 4.90 Å². The van der Waals surface area contributed by atoms with Crippen LogP contribution in [0.5, 0.6) is 0 Å². The predicted octanol–water partition coefficient (Wildman–Crippen LogP) is 3.01. The number of carbonyl (C=O) groups excluding carboxylic acids is 2. The third-order valence-corrected chi connectivity index (χ3v) is 5.66. The van der Waals surface area contributed by atoms with Gasteiger partial charge in [-0.25, -0.2) is 0 Å². The first-order valence-corrected chi connectivity index (χ1v) is 9.91. The molecule has 5 heteroatoms. The summed E-state index contributed by atoms with van der Waals surface area (Å²) in [4.78, 5) is 31.6. The van der Waals surface area contributed by atoms with E-state index in [9.17, 15) is 9.59 Å². The summed E-state index contributed by atoms with van der Waals surface area (Å²) in [5.74, 6) is 0.594. The van der Waals surface area contributed by atoms with Crippen molar-refractivity contribution in [3.05, 3.63) is 29.8 Å². The SMILES string of the molecule is CN(C)c1cccc(C(=O)N2CCCN(C(=O)C3CCCCC3)CC2)c1. The molecule has 1 aromatic carbocycles. The summed E-state index contributed by atoms with van der Waals surface area (Å²) in [7, 11) is 3.95. The van der Waals surface area contributed by atoms with Gasteiger partial charge in [-0.3, -0.25) is 9.59 Å². The number of anilines is 1. The van der Waals surface area contributed by atoms with E-state index in [1.165, 1.54) is 19.3 Å². The normalized spacial score (nSPS) is 19.2. The summed E-state index contributed by atoms with van der Waals surface area (Å²) < 4.78 is 0. The molecule has 2 aliphatic rings. The molecule has 26 heavy (non-hydrogen) atoms. The molecule has 1 saturated heterocycles. The third kappa shape index (κ3) is 4.37. The van der Waals surface area contributed by atoms with Crippen LogP contribution in [0.3, 0.4) is 0 Å². The Hall–Kier alpha value is -2.04. The van der Waals surface area contributed by atoms with Gasteiger partial charge in [-0.1, -0.05) is 25.3 Å². The molecule has 1 aromatic rings. The lowest BCUT2D eigenvalue weighted by molar-refractivity contribution is -0.136. The molecule has 3 rings (SSSR count). The van der Waals surface area contributed by atoms with E-state index in [-0.39, 0.29) is 11.8 Å². The Morgan fingerprint density at radius 2 is 1.62 bits per heavy atom. The van der Waals surface area contributed by atoms with Gasteiger partial charge in [0.15, 0.2) is 0 Å². The lowest BCUT2D eigenvalue weighted by Gasteiger charge is -2.28. The smallest absolute Gasteiger partial charge is 0.253 e. The summed E-state index contributed by atoms with van der Waals surface area (Å²) in [5.41, 5.74) is 1.75. The van der Waals surface area contributed by atoms with Gasteiger partial charge in [0.2, 0.25) is 5.91 Å². The molecular weight excluding hydrogens is 326 g/mol. The maximum Gasteiger partial charge on any atom is 0.253 e. The fourth-order valence-electron chi connectivity index (χ4n) is 4.05. The first kappa shape index (κ1) is 18.7. The van der Waals surface area contributed by atoms with Crippen molar-refractivity contribution in [2.75, 3.05) is 45.2 Å². The number of carbonyl (C=O) groups is 2. The van der Waals surface area contributed by atoms with E-state index in [0.717, 1.165) is 43.6 Å². The second-order valence-corrected chi connectivity index (χ2v) is 7.75. The molecule has 0 radical (unpaired) electrons. The van der Waals surface area contributed by atoms with Gasteiger partial charge in [0.25, 0.3) is 5.91 Å². The Morgan fingerprint density at radius 1 is 0.923 bits per heavy atom. The van der Waals surface area contributed by atoms with E-state index in [0.29, 0.717) is 19.0 Å². The number of rotatable bonds is 3. The van der Waals surface area contributed by atoms with E-state index in [1.807, 2.05) is 53.1 Å². The average Bonchev–Trinajstić information content (AvgIpc) is 2.94. The molecule has 0 bridgehead atoms. The molecular formula is C21H31N3O2. The summed E-state index contributed by atoms with van der Waals surface area (Å²) in [6.07, 6.45) is 6.55. The number of amides is 2. The molecule has 0 aromatic heterocycles. The second-order valence-electron chi connectivity index (χ2n) is 7.75. The molecule has 0 unspecified atom stereocenters. The van der Waals surface area contributed by atoms with Crippen LogP contribution >= 0.6 is 0 Å². The summed E-state index contributed by atoms with van der Waals surface area (Å²) >= 11 is 0. The summed E-state index contributed by atoms with van der Waals surface area (Å²) in [6.45, 7) is 2.79. The van der Waals surface area contributed by atoms with Gasteiger partial charge in [-0.15, -0.1) is 0 Å². The van der Waals surface area contributed by atoms with Crippen molar-refractivity contribution in [3.8, 4) is 0 Å². The minimum atomic E-state index is 0.0701. The van der Waals surface area contributed by atoms with Crippen molar-refractivity contribution >= 4 is 17.5 Å². The van der Waals surface area contributed by atoms with Gasteiger partial charge in [0, 0.05) is 57.4 Å². The maximum atomic E-state index is 12.9. The minimum absolute atomic E-state index is 0.0701. The van der Waals surface area contributed by atoms with Crippen LogP contribution in [-0.2, 0) is 4.79 Å². The predicted molar refractivity (Wildman–Crippen MR) is 104 cm³/mol. The number of nitrogens with zero attached hydrogens (tertiary/aromatic N) is 3. The summed E-state index contributed by atoms with van der Waals surface area (Å²) in [6, 6.07) is 7.76. The molecule has 2 fully saturated rings. The molecule has 1 heterocycles. The zero-order chi connectivity index (χ0) is 18.5. The van der Waals surface area contributed by atoms with Gasteiger partial charge in [-0.2, -0.15) is 0 Å². The molecule has 2 amide bonds. The standard InChI is InChI=1S/C21H31N3O2/c1-22(2)19-11-6-10-18(16-19)21(26)24-13-7-12-23(14-15-24)20(25)17-8-4-3-5-9-17/h6,10-11,16-17H,3-5,7-9,12-15H2,1-2H3. The second kappa shape index (κ2) is 8.56. The van der Waals surface area contributed by atoms with E-state index in [4.69, 9.17) is 0 Å². The van der Waals surface area contributed by atoms with Gasteiger partial charge in [0.05, 0.1) is 0 Å². The van der Waals surface area contributed by atoms with Crippen molar-refractivity contribution in [1.29, 1.82) is 0 Å². The zero-order valence-electron chi connectivity index (χ0n) is 16.1. The fraction of sp³-hybridized carbons (Fsp3) is 0.619. The first-order valence-electron chi connectivity index (χ1n) is 9.91. The number of hydrogen-bond acceptors (Lipinski definition) is 3. The van der Waals surface area contributed by atoms with E-state index in [2.05, 4.69) is 0 Å². The monoisotopic (exact) mass is 357 g/mol. The molecule has 1 aliphatic heterocycles. The molecule has 0 atom stereocenters. The number of hydrogen-bond donors (Lipinski definition) is 0. The zero-order valence-corrected chi connectivity index (χ0v) is 16.1. The van der Waals surface area contributed by atoms with Crippen LogP contribution in [0.15, 0.2) is 24.3 Å². The van der Waals surface area contributed by atoms with Crippen molar-refractivity contribution in [3.63, 3.8) is 0 Å². The van der Waals surface area contributed by atoms with Gasteiger partial charge >= 0.3 is 0 Å². The lowest BCUT2D eigenvalue weighted by atomic mass is 9.88. The van der Waals surface area contributed by atoms with Crippen molar-refractivity contribution in [2.45, 2.75) is 38.5 Å². The van der Waals surface area contributed by atoms with Crippen LogP contribution in [0, 0.1) is 5.92 Å². The van der Waals surface area contributed by atoms with E-state index >= 15 is 0 Å². The van der Waals surface area contributed by atoms with Gasteiger partial charge in [-0.05, 0) is 37.5 Å².